The van der Waals surface area contributed by atoms with E-state index >= 15 is 0 Å². The fourth-order valence-electron chi connectivity index (χ4n) is 2.70. The number of hydrogen-bond donors (Lipinski definition) is 2. The van der Waals surface area contributed by atoms with Crippen LogP contribution in [0, 0.1) is 0 Å². The molecule has 3 rings (SSSR count). The molecule has 0 radical (unpaired) electrons. The topological polar surface area (TPSA) is 55.1 Å². The minimum atomic E-state index is -0.322. The quantitative estimate of drug-likeness (QED) is 0.885. The molecule has 0 saturated heterocycles. The standard InChI is InChI=1S/C18H20N2O/c19-13-10-14-6-8-16(9-7-14)20-17(21)18(11-12-18)15-4-2-1-3-5-15/h1-9H,10-13,19H2,(H,20,21). The van der Waals surface area contributed by atoms with Gasteiger partial charge in [-0.25, -0.2) is 0 Å². The lowest BCUT2D eigenvalue weighted by atomic mass is 9.95. The van der Waals surface area contributed by atoms with Crippen molar-refractivity contribution in [2.45, 2.75) is 24.7 Å². The third-order valence-electron chi connectivity index (χ3n) is 4.16. The van der Waals surface area contributed by atoms with Crippen LogP contribution in [-0.2, 0) is 16.6 Å². The number of carbonyl (C=O) groups excluding carboxylic acids is 1. The van der Waals surface area contributed by atoms with Gasteiger partial charge in [-0.1, -0.05) is 42.5 Å². The van der Waals surface area contributed by atoms with E-state index in [4.69, 9.17) is 5.73 Å². The Balaban J connectivity index is 1.72. The van der Waals surface area contributed by atoms with Gasteiger partial charge in [-0.15, -0.1) is 0 Å². The zero-order valence-electron chi connectivity index (χ0n) is 12.0. The van der Waals surface area contributed by atoms with Crippen LogP contribution in [0.25, 0.3) is 0 Å². The molecular formula is C18H20N2O. The molecule has 1 aliphatic carbocycles. The highest BCUT2D eigenvalue weighted by atomic mass is 16.2. The molecule has 0 bridgehead atoms. The van der Waals surface area contributed by atoms with Crippen molar-refractivity contribution in [2.24, 2.45) is 5.73 Å². The zero-order chi connectivity index (χ0) is 14.7. The summed E-state index contributed by atoms with van der Waals surface area (Å²) in [6.45, 7) is 0.642. The number of rotatable bonds is 5. The highest BCUT2D eigenvalue weighted by Crippen LogP contribution is 2.48. The maximum absolute atomic E-state index is 12.6. The first kappa shape index (κ1) is 13.8. The molecule has 1 fully saturated rings. The van der Waals surface area contributed by atoms with Gasteiger partial charge in [-0.05, 0) is 49.1 Å². The van der Waals surface area contributed by atoms with Gasteiger partial charge < -0.3 is 11.1 Å². The third-order valence-corrected chi connectivity index (χ3v) is 4.16. The number of nitrogens with two attached hydrogens (primary N) is 1. The number of carbonyl (C=O) groups is 1. The van der Waals surface area contributed by atoms with Gasteiger partial charge in [0.15, 0.2) is 0 Å². The summed E-state index contributed by atoms with van der Waals surface area (Å²) in [6.07, 6.45) is 2.71. The number of anilines is 1. The summed E-state index contributed by atoms with van der Waals surface area (Å²) in [5.41, 5.74) is 8.37. The lowest BCUT2D eigenvalue weighted by Gasteiger charge is -2.16. The molecule has 108 valence electrons. The molecule has 3 nitrogen and oxygen atoms in total. The molecule has 2 aromatic rings. The Kier molecular flexibility index (Phi) is 3.76. The van der Waals surface area contributed by atoms with Gasteiger partial charge in [0.25, 0.3) is 0 Å². The molecule has 0 aromatic heterocycles. The molecule has 1 amide bonds. The van der Waals surface area contributed by atoms with Gasteiger partial charge in [0, 0.05) is 5.69 Å². The number of nitrogens with one attached hydrogen (secondary N) is 1. The number of amides is 1. The van der Waals surface area contributed by atoms with E-state index in [0.29, 0.717) is 6.54 Å². The van der Waals surface area contributed by atoms with Crippen molar-refractivity contribution in [3.05, 3.63) is 65.7 Å². The van der Waals surface area contributed by atoms with Gasteiger partial charge in [0.05, 0.1) is 5.41 Å². The average molecular weight is 280 g/mol. The first-order valence-electron chi connectivity index (χ1n) is 7.41. The summed E-state index contributed by atoms with van der Waals surface area (Å²) in [7, 11) is 0. The molecule has 3 N–H and O–H groups in total. The van der Waals surface area contributed by atoms with Crippen LogP contribution in [0.2, 0.25) is 0 Å². The van der Waals surface area contributed by atoms with E-state index in [1.807, 2.05) is 54.6 Å². The van der Waals surface area contributed by atoms with Gasteiger partial charge >= 0.3 is 0 Å². The lowest BCUT2D eigenvalue weighted by Crippen LogP contribution is -2.27. The Hall–Kier alpha value is -2.13. The number of benzene rings is 2. The highest BCUT2D eigenvalue weighted by Gasteiger charge is 2.51. The molecule has 1 saturated carbocycles. The molecule has 0 aliphatic heterocycles. The first-order chi connectivity index (χ1) is 10.2. The summed E-state index contributed by atoms with van der Waals surface area (Å²) >= 11 is 0. The molecule has 3 heteroatoms. The Morgan fingerprint density at radius 1 is 1.05 bits per heavy atom. The second-order valence-electron chi connectivity index (χ2n) is 5.64. The van der Waals surface area contributed by atoms with Crippen molar-refractivity contribution >= 4 is 11.6 Å². The van der Waals surface area contributed by atoms with Crippen molar-refractivity contribution in [3.8, 4) is 0 Å². The Morgan fingerprint density at radius 2 is 1.71 bits per heavy atom. The van der Waals surface area contributed by atoms with Crippen molar-refractivity contribution in [1.82, 2.24) is 0 Å². The van der Waals surface area contributed by atoms with Gasteiger partial charge in [-0.3, -0.25) is 4.79 Å². The summed E-state index contributed by atoms with van der Waals surface area (Å²) in [4.78, 5) is 12.6. The third kappa shape index (κ3) is 2.83. The van der Waals surface area contributed by atoms with Crippen LogP contribution in [0.5, 0.6) is 0 Å². The predicted molar refractivity (Wildman–Crippen MR) is 85.2 cm³/mol. The normalized spacial score (nSPS) is 15.5. The largest absolute Gasteiger partial charge is 0.330 e. The molecule has 0 unspecified atom stereocenters. The maximum atomic E-state index is 12.6. The van der Waals surface area contributed by atoms with Crippen LogP contribution in [0.3, 0.4) is 0 Å². The summed E-state index contributed by atoms with van der Waals surface area (Å²) in [6, 6.07) is 18.0. The molecule has 2 aromatic carbocycles. The van der Waals surface area contributed by atoms with E-state index in [1.54, 1.807) is 0 Å². The summed E-state index contributed by atoms with van der Waals surface area (Å²) < 4.78 is 0. The Labute approximate surface area is 125 Å². The van der Waals surface area contributed by atoms with Crippen LogP contribution < -0.4 is 11.1 Å². The minimum Gasteiger partial charge on any atom is -0.330 e. The molecule has 1 aliphatic rings. The van der Waals surface area contributed by atoms with Crippen molar-refractivity contribution in [3.63, 3.8) is 0 Å². The van der Waals surface area contributed by atoms with Crippen LogP contribution in [0.4, 0.5) is 5.69 Å². The minimum absolute atomic E-state index is 0.0975. The Morgan fingerprint density at radius 3 is 2.29 bits per heavy atom. The van der Waals surface area contributed by atoms with E-state index in [-0.39, 0.29) is 11.3 Å². The van der Waals surface area contributed by atoms with Crippen LogP contribution in [-0.4, -0.2) is 12.5 Å². The van der Waals surface area contributed by atoms with Gasteiger partial charge in [0.2, 0.25) is 5.91 Å². The monoisotopic (exact) mass is 280 g/mol. The number of hydrogen-bond acceptors (Lipinski definition) is 2. The fourth-order valence-corrected chi connectivity index (χ4v) is 2.70. The van der Waals surface area contributed by atoms with Crippen LogP contribution in [0.1, 0.15) is 24.0 Å². The molecule has 0 atom stereocenters. The van der Waals surface area contributed by atoms with E-state index in [2.05, 4.69) is 5.32 Å². The average Bonchev–Trinajstić information content (AvgIpc) is 3.32. The van der Waals surface area contributed by atoms with Crippen LogP contribution >= 0.6 is 0 Å². The fraction of sp³-hybridized carbons (Fsp3) is 0.278. The molecule has 21 heavy (non-hydrogen) atoms. The first-order valence-corrected chi connectivity index (χ1v) is 7.41. The second kappa shape index (κ2) is 5.70. The van der Waals surface area contributed by atoms with Crippen molar-refractivity contribution < 1.29 is 4.79 Å². The highest BCUT2D eigenvalue weighted by molar-refractivity contribution is 6.01. The van der Waals surface area contributed by atoms with Crippen molar-refractivity contribution in [2.75, 3.05) is 11.9 Å². The molecular weight excluding hydrogens is 260 g/mol. The lowest BCUT2D eigenvalue weighted by molar-refractivity contribution is -0.118. The second-order valence-corrected chi connectivity index (χ2v) is 5.64. The predicted octanol–water partition coefficient (Wildman–Crippen LogP) is 2.86. The van der Waals surface area contributed by atoms with Gasteiger partial charge in [0.1, 0.15) is 0 Å². The van der Waals surface area contributed by atoms with Gasteiger partial charge in [-0.2, -0.15) is 0 Å². The maximum Gasteiger partial charge on any atom is 0.235 e. The molecule has 0 heterocycles. The van der Waals surface area contributed by atoms with E-state index < -0.39 is 0 Å². The summed E-state index contributed by atoms with van der Waals surface area (Å²) in [5, 5.41) is 3.04. The smallest absolute Gasteiger partial charge is 0.235 e. The van der Waals surface area contributed by atoms with Crippen LogP contribution in [0.15, 0.2) is 54.6 Å². The SMILES string of the molecule is NCCc1ccc(NC(=O)C2(c3ccccc3)CC2)cc1. The Bertz CT molecular complexity index is 615. The van der Waals surface area contributed by atoms with Crippen molar-refractivity contribution in [1.29, 1.82) is 0 Å². The van der Waals surface area contributed by atoms with E-state index in [1.165, 1.54) is 5.56 Å². The molecule has 0 spiro atoms. The van der Waals surface area contributed by atoms with E-state index in [0.717, 1.165) is 30.5 Å². The summed E-state index contributed by atoms with van der Waals surface area (Å²) in [5.74, 6) is 0.0975. The van der Waals surface area contributed by atoms with E-state index in [9.17, 15) is 4.79 Å². The zero-order valence-corrected chi connectivity index (χ0v) is 12.0.